The molecule has 6 N–H and O–H groups in total. The molecule has 3 nitrogen and oxygen atoms in total. The van der Waals surface area contributed by atoms with E-state index in [-0.39, 0.29) is 22.3 Å². The maximum Gasteiger partial charge on any atom is 0.0346 e. The van der Waals surface area contributed by atoms with Crippen LogP contribution in [0.2, 0.25) is 0 Å². The van der Waals surface area contributed by atoms with Crippen molar-refractivity contribution in [2.75, 3.05) is 17.2 Å². The number of hydrogen-bond acceptors (Lipinski definition) is 3. The molecular weight excluding hydrogens is 342 g/mol. The zero-order valence-corrected chi connectivity index (χ0v) is 15.6. The molecule has 0 atom stereocenters. The van der Waals surface area contributed by atoms with Gasteiger partial charge in [0, 0.05) is 17.1 Å². The number of rotatable bonds is 0. The van der Waals surface area contributed by atoms with Gasteiger partial charge in [-0.25, -0.2) is 0 Å². The van der Waals surface area contributed by atoms with E-state index in [9.17, 15) is 0 Å². The van der Waals surface area contributed by atoms with Gasteiger partial charge in [-0.05, 0) is 74.7 Å². The van der Waals surface area contributed by atoms with Crippen LogP contribution in [0.1, 0.15) is 44.5 Å². The summed E-state index contributed by atoms with van der Waals surface area (Å²) in [5, 5.41) is 0. The first-order chi connectivity index (χ1) is 11.8. The highest BCUT2D eigenvalue weighted by Crippen LogP contribution is 2.16. The van der Waals surface area contributed by atoms with E-state index >= 15 is 0 Å². The Morgan fingerprint density at radius 1 is 0.500 bits per heavy atom. The molecule has 0 unspecified atom stereocenters. The Labute approximate surface area is 173 Å². The molecule has 0 aliphatic heterocycles. The number of benzene rings is 3. The molecule has 0 spiro atoms. The molecule has 3 rings (SSSR count). The van der Waals surface area contributed by atoms with E-state index in [0.29, 0.717) is 0 Å². The van der Waals surface area contributed by atoms with Gasteiger partial charge < -0.3 is 17.2 Å². The molecule has 0 heterocycles. The molecule has 0 bridgehead atoms. The molecule has 3 aromatic rings. The van der Waals surface area contributed by atoms with E-state index in [2.05, 4.69) is 19.9 Å². The van der Waals surface area contributed by atoms with Crippen molar-refractivity contribution in [3.63, 3.8) is 0 Å². The van der Waals surface area contributed by atoms with E-state index in [1.54, 1.807) is 0 Å². The standard InChI is InChI=1S/C9H13N.C7H9N.C6H7N.3CH4/c1-6-4-8(3)9(10)5-7(6)2;1-6-2-4-7(8)5-3-6;7-6-4-2-1-3-5-6;;;/h4-5H,10H2,1-3H3;2-5H,8H2,1H3;1-5H,7H2;3*1H4. The van der Waals surface area contributed by atoms with Gasteiger partial charge in [-0.1, -0.05) is 64.2 Å². The Kier molecular flexibility index (Phi) is 16.1. The summed E-state index contributed by atoms with van der Waals surface area (Å²) in [7, 11) is 0. The van der Waals surface area contributed by atoms with Crippen molar-refractivity contribution in [3.05, 3.63) is 89.0 Å². The van der Waals surface area contributed by atoms with Gasteiger partial charge in [0.2, 0.25) is 0 Å². The first-order valence-electron chi connectivity index (χ1n) is 8.25. The normalized spacial score (nSPS) is 8.29. The molecule has 3 heteroatoms. The highest BCUT2D eigenvalue weighted by Gasteiger charge is 1.95. The minimum atomic E-state index is 0. The maximum absolute atomic E-state index is 5.69. The smallest absolute Gasteiger partial charge is 0.0346 e. The summed E-state index contributed by atoms with van der Waals surface area (Å²) in [6, 6.07) is 21.4. The monoisotopic (exact) mass is 383 g/mol. The summed E-state index contributed by atoms with van der Waals surface area (Å²) in [6.07, 6.45) is 0. The van der Waals surface area contributed by atoms with E-state index in [4.69, 9.17) is 17.2 Å². The first-order valence-corrected chi connectivity index (χ1v) is 8.25. The molecule has 0 amide bonds. The van der Waals surface area contributed by atoms with Crippen LogP contribution in [0.4, 0.5) is 17.1 Å². The molecule has 0 radical (unpaired) electrons. The summed E-state index contributed by atoms with van der Waals surface area (Å²) in [4.78, 5) is 0. The van der Waals surface area contributed by atoms with Gasteiger partial charge in [0.25, 0.3) is 0 Å². The third kappa shape index (κ3) is 11.6. The third-order valence-corrected chi connectivity index (χ3v) is 3.76. The van der Waals surface area contributed by atoms with Crippen molar-refractivity contribution in [1.29, 1.82) is 0 Å². The van der Waals surface area contributed by atoms with Crippen molar-refractivity contribution >= 4 is 17.1 Å². The zero-order valence-electron chi connectivity index (χ0n) is 15.6. The molecule has 0 aliphatic rings. The van der Waals surface area contributed by atoms with E-state index < -0.39 is 0 Å². The highest BCUT2D eigenvalue weighted by molar-refractivity contribution is 5.50. The zero-order chi connectivity index (χ0) is 18.8. The molecule has 0 fully saturated rings. The SMILES string of the molecule is C.C.C.Cc1cc(C)c(N)cc1C.Cc1ccc(N)cc1.Nc1ccccc1. The Morgan fingerprint density at radius 3 is 1.29 bits per heavy atom. The highest BCUT2D eigenvalue weighted by atomic mass is 14.6. The summed E-state index contributed by atoms with van der Waals surface area (Å²) < 4.78 is 0. The van der Waals surface area contributed by atoms with E-state index in [0.717, 1.165) is 17.1 Å². The topological polar surface area (TPSA) is 78.1 Å². The molecule has 0 saturated heterocycles. The van der Waals surface area contributed by atoms with Gasteiger partial charge >= 0.3 is 0 Å². The Balaban J connectivity index is -0.000000322. The molecule has 0 saturated carbocycles. The summed E-state index contributed by atoms with van der Waals surface area (Å²) >= 11 is 0. The fourth-order valence-corrected chi connectivity index (χ4v) is 2.00. The molecule has 0 aromatic heterocycles. The largest absolute Gasteiger partial charge is 0.399 e. The van der Waals surface area contributed by atoms with Crippen molar-refractivity contribution in [2.45, 2.75) is 50.0 Å². The average molecular weight is 384 g/mol. The number of para-hydroxylation sites is 1. The second-order valence-electron chi connectivity index (χ2n) is 6.11. The van der Waals surface area contributed by atoms with Crippen LogP contribution < -0.4 is 17.2 Å². The van der Waals surface area contributed by atoms with Crippen molar-refractivity contribution in [2.24, 2.45) is 0 Å². The summed E-state index contributed by atoms with van der Waals surface area (Å²) in [5.74, 6) is 0. The van der Waals surface area contributed by atoms with Gasteiger partial charge in [0.15, 0.2) is 0 Å². The van der Waals surface area contributed by atoms with Crippen LogP contribution in [0.25, 0.3) is 0 Å². The minimum Gasteiger partial charge on any atom is -0.399 e. The lowest BCUT2D eigenvalue weighted by molar-refractivity contribution is 1.30. The summed E-state index contributed by atoms with van der Waals surface area (Å²) in [6.45, 7) is 8.24. The maximum atomic E-state index is 5.69. The van der Waals surface area contributed by atoms with Crippen LogP contribution >= 0.6 is 0 Å². The predicted octanol–water partition coefficient (Wildman–Crippen LogP) is 6.95. The molecule has 28 heavy (non-hydrogen) atoms. The lowest BCUT2D eigenvalue weighted by Crippen LogP contribution is -1.91. The number of nitrogens with two attached hydrogens (primary N) is 3. The lowest BCUT2D eigenvalue weighted by Gasteiger charge is -2.03. The second kappa shape index (κ2) is 15.2. The Hall–Kier alpha value is -2.94. The van der Waals surface area contributed by atoms with Crippen LogP contribution in [0.15, 0.2) is 66.7 Å². The molecule has 3 aromatic carbocycles. The average Bonchev–Trinajstić information content (AvgIpc) is 2.58. The second-order valence-corrected chi connectivity index (χ2v) is 6.11. The fourth-order valence-electron chi connectivity index (χ4n) is 2.00. The first kappa shape index (κ1) is 29.8. The lowest BCUT2D eigenvalue weighted by atomic mass is 10.1. The molecular formula is C25H41N3. The van der Waals surface area contributed by atoms with Crippen molar-refractivity contribution in [3.8, 4) is 0 Å². The predicted molar refractivity (Wildman–Crippen MR) is 132 cm³/mol. The van der Waals surface area contributed by atoms with Gasteiger partial charge in [0.1, 0.15) is 0 Å². The van der Waals surface area contributed by atoms with Crippen molar-refractivity contribution < 1.29 is 0 Å². The van der Waals surface area contributed by atoms with Gasteiger partial charge in [-0.3, -0.25) is 0 Å². The third-order valence-electron chi connectivity index (χ3n) is 3.76. The van der Waals surface area contributed by atoms with Gasteiger partial charge in [-0.15, -0.1) is 0 Å². The van der Waals surface area contributed by atoms with Crippen LogP contribution in [0, 0.1) is 27.7 Å². The van der Waals surface area contributed by atoms with Crippen molar-refractivity contribution in [1.82, 2.24) is 0 Å². The quantitative estimate of drug-likeness (QED) is 0.367. The van der Waals surface area contributed by atoms with E-state index in [1.807, 2.05) is 74.5 Å². The number of anilines is 3. The fraction of sp³-hybridized carbons (Fsp3) is 0.280. The van der Waals surface area contributed by atoms with Crippen LogP contribution in [-0.4, -0.2) is 0 Å². The number of hydrogen-bond donors (Lipinski definition) is 3. The van der Waals surface area contributed by atoms with E-state index in [1.165, 1.54) is 22.3 Å². The van der Waals surface area contributed by atoms with Crippen LogP contribution in [-0.2, 0) is 0 Å². The number of nitrogen functional groups attached to an aromatic ring is 3. The van der Waals surface area contributed by atoms with Gasteiger partial charge in [-0.2, -0.15) is 0 Å². The van der Waals surface area contributed by atoms with Gasteiger partial charge in [0.05, 0.1) is 0 Å². The van der Waals surface area contributed by atoms with Crippen LogP contribution in [0.3, 0.4) is 0 Å². The Morgan fingerprint density at radius 2 is 0.929 bits per heavy atom. The van der Waals surface area contributed by atoms with Crippen LogP contribution in [0.5, 0.6) is 0 Å². The Bertz CT molecular complexity index is 693. The minimum absolute atomic E-state index is 0. The molecule has 0 aliphatic carbocycles. The molecule has 156 valence electrons. The number of aryl methyl sites for hydroxylation is 4. The summed E-state index contributed by atoms with van der Waals surface area (Å²) in [5.41, 5.74) is 24.0.